The van der Waals surface area contributed by atoms with E-state index in [1.54, 1.807) is 0 Å². The summed E-state index contributed by atoms with van der Waals surface area (Å²) in [7, 11) is 0. The third kappa shape index (κ3) is 6.52. The monoisotopic (exact) mass is 333 g/mol. The summed E-state index contributed by atoms with van der Waals surface area (Å²) in [6, 6.07) is 0.440. The number of thioether (sulfide) groups is 1. The lowest BCUT2D eigenvalue weighted by Gasteiger charge is -2.16. The quantitative estimate of drug-likeness (QED) is 0.331. The smallest absolute Gasteiger partial charge is 0.315 e. The molecule has 0 spiro atoms. The zero-order valence-corrected chi connectivity index (χ0v) is 13.1. The van der Waals surface area contributed by atoms with Gasteiger partial charge in [0.15, 0.2) is 0 Å². The topological polar surface area (TPSA) is 142 Å². The Kier molecular flexibility index (Phi) is 8.03. The number of carbonyl (C=O) groups is 3. The Morgan fingerprint density at radius 3 is 2.41 bits per heavy atom. The van der Waals surface area contributed by atoms with Crippen LogP contribution < -0.4 is 16.4 Å². The third-order valence-electron chi connectivity index (χ3n) is 3.43. The molecule has 2 saturated heterocycles. The van der Waals surface area contributed by atoms with Crippen LogP contribution in [0.5, 0.6) is 0 Å². The van der Waals surface area contributed by atoms with Crippen LogP contribution in [0.4, 0.5) is 4.79 Å². The number of rotatable bonds is 7. The van der Waals surface area contributed by atoms with E-state index < -0.39 is 11.9 Å². The molecule has 0 radical (unpaired) electrons. The molecule has 0 unspecified atom stereocenters. The van der Waals surface area contributed by atoms with Crippen molar-refractivity contribution in [1.29, 1.82) is 0 Å². The summed E-state index contributed by atoms with van der Waals surface area (Å²) in [5.74, 6) is -0.599. The first-order valence-corrected chi connectivity index (χ1v) is 8.31. The zero-order chi connectivity index (χ0) is 16.5. The normalized spacial score (nSPS) is 25.5. The Labute approximate surface area is 133 Å². The van der Waals surface area contributed by atoms with E-state index in [0.29, 0.717) is 5.25 Å². The van der Waals surface area contributed by atoms with Crippen molar-refractivity contribution in [2.45, 2.75) is 49.4 Å². The highest BCUT2D eigenvalue weighted by Gasteiger charge is 2.42. The average Bonchev–Trinajstić information content (AvgIpc) is 2.95. The van der Waals surface area contributed by atoms with E-state index in [2.05, 4.69) is 10.6 Å². The van der Waals surface area contributed by atoms with E-state index >= 15 is 0 Å². The summed E-state index contributed by atoms with van der Waals surface area (Å²) in [6.45, 7) is 0.231. The Hall–Kier alpha value is -1.48. The van der Waals surface area contributed by atoms with Crippen molar-refractivity contribution < 1.29 is 24.6 Å². The van der Waals surface area contributed by atoms with Crippen LogP contribution in [0.3, 0.4) is 0 Å². The second-order valence-corrected chi connectivity index (χ2v) is 6.47. The van der Waals surface area contributed by atoms with Gasteiger partial charge in [0.25, 0.3) is 0 Å². The fraction of sp³-hybridized carbons (Fsp3) is 0.769. The molecule has 22 heavy (non-hydrogen) atoms. The zero-order valence-electron chi connectivity index (χ0n) is 12.3. The van der Waals surface area contributed by atoms with E-state index in [-0.39, 0.29) is 37.5 Å². The molecule has 0 aromatic rings. The number of hydrogen-bond donors (Lipinski definition) is 5. The van der Waals surface area contributed by atoms with Gasteiger partial charge in [0.05, 0.1) is 18.5 Å². The molecule has 2 heterocycles. The van der Waals surface area contributed by atoms with Crippen molar-refractivity contribution in [3.63, 3.8) is 0 Å². The number of carboxylic acids is 2. The Morgan fingerprint density at radius 1 is 1.18 bits per heavy atom. The number of hydrogen-bond acceptors (Lipinski definition) is 5. The van der Waals surface area contributed by atoms with Crippen molar-refractivity contribution in [3.8, 4) is 0 Å². The van der Waals surface area contributed by atoms with Gasteiger partial charge in [0.2, 0.25) is 0 Å². The summed E-state index contributed by atoms with van der Waals surface area (Å²) in [4.78, 5) is 31.0. The molecule has 2 amide bonds. The minimum atomic E-state index is -0.836. The number of unbranched alkanes of at least 4 members (excludes halogenated alkanes) is 1. The van der Waals surface area contributed by atoms with Crippen LogP contribution in [0.15, 0.2) is 0 Å². The number of carbonyl (C=O) groups excluding carboxylic acids is 1. The number of nitrogens with two attached hydrogens (primary N) is 1. The molecule has 3 atom stereocenters. The van der Waals surface area contributed by atoms with E-state index in [9.17, 15) is 14.4 Å². The van der Waals surface area contributed by atoms with Crippen LogP contribution in [0.2, 0.25) is 0 Å². The maximum atomic E-state index is 11.1. The maximum Gasteiger partial charge on any atom is 0.315 e. The minimum absolute atomic E-state index is 0.0640. The molecule has 2 aliphatic heterocycles. The van der Waals surface area contributed by atoms with Crippen LogP contribution >= 0.6 is 11.8 Å². The van der Waals surface area contributed by atoms with Gasteiger partial charge in [0, 0.05) is 24.0 Å². The van der Waals surface area contributed by atoms with Crippen LogP contribution in [-0.2, 0) is 9.59 Å². The summed E-state index contributed by atoms with van der Waals surface area (Å²) < 4.78 is 0. The molecule has 0 saturated carbocycles. The minimum Gasteiger partial charge on any atom is -0.481 e. The van der Waals surface area contributed by atoms with Gasteiger partial charge < -0.3 is 26.6 Å². The van der Waals surface area contributed by atoms with E-state index in [1.165, 1.54) is 0 Å². The maximum absolute atomic E-state index is 11.1. The summed E-state index contributed by atoms with van der Waals surface area (Å²) >= 11 is 1.87. The predicted molar refractivity (Wildman–Crippen MR) is 82.9 cm³/mol. The van der Waals surface area contributed by atoms with Gasteiger partial charge in [-0.25, -0.2) is 4.79 Å². The van der Waals surface area contributed by atoms with Crippen molar-refractivity contribution in [3.05, 3.63) is 0 Å². The summed E-state index contributed by atoms with van der Waals surface area (Å²) in [6.07, 6.45) is 2.95. The second kappa shape index (κ2) is 9.52. The number of nitrogens with one attached hydrogen (secondary N) is 2. The molecular formula is C13H23N3O5S. The molecule has 0 aromatic carbocycles. The Bertz CT molecular complexity index is 407. The van der Waals surface area contributed by atoms with Crippen molar-refractivity contribution >= 4 is 29.7 Å². The number of carboxylic acid groups (broad SMARTS) is 2. The largest absolute Gasteiger partial charge is 0.481 e. The molecule has 0 bridgehead atoms. The summed E-state index contributed by atoms with van der Waals surface area (Å²) in [5, 5.41) is 22.6. The number of amides is 2. The van der Waals surface area contributed by atoms with Crippen molar-refractivity contribution in [2.24, 2.45) is 5.73 Å². The first-order chi connectivity index (χ1) is 10.4. The van der Waals surface area contributed by atoms with Gasteiger partial charge >= 0.3 is 18.0 Å². The molecule has 0 aromatic heterocycles. The Balaban J connectivity index is 0.000000346. The van der Waals surface area contributed by atoms with Gasteiger partial charge in [-0.3, -0.25) is 9.59 Å². The van der Waals surface area contributed by atoms with Crippen molar-refractivity contribution in [2.75, 3.05) is 12.3 Å². The molecule has 8 nitrogen and oxygen atoms in total. The first-order valence-electron chi connectivity index (χ1n) is 7.26. The fourth-order valence-corrected chi connectivity index (χ4v) is 3.93. The van der Waals surface area contributed by atoms with Gasteiger partial charge in [-0.05, 0) is 12.8 Å². The molecule has 0 aliphatic carbocycles. The summed E-state index contributed by atoms with van der Waals surface area (Å²) in [5.41, 5.74) is 4.85. The highest BCUT2D eigenvalue weighted by molar-refractivity contribution is 8.00. The second-order valence-electron chi connectivity index (χ2n) is 5.19. The highest BCUT2D eigenvalue weighted by atomic mass is 32.2. The number of aliphatic carboxylic acids is 2. The van der Waals surface area contributed by atoms with E-state index in [4.69, 9.17) is 15.9 Å². The van der Waals surface area contributed by atoms with Gasteiger partial charge in [-0.15, -0.1) is 0 Å². The lowest BCUT2D eigenvalue weighted by Crippen LogP contribution is -2.36. The molecule has 9 heteroatoms. The number of fused-ring (bicyclic) bond motifs is 1. The SMILES string of the molecule is NCCC(=O)O.O=C(O)CCCC[C@@H]1SC[C@@H]2NC(=O)N[C@@H]21. The lowest BCUT2D eigenvalue weighted by atomic mass is 10.0. The van der Waals surface area contributed by atoms with Gasteiger partial charge in [-0.1, -0.05) is 6.42 Å². The van der Waals surface area contributed by atoms with Gasteiger partial charge in [0.1, 0.15) is 0 Å². The molecule has 2 rings (SSSR count). The molecular weight excluding hydrogens is 310 g/mol. The van der Waals surface area contributed by atoms with Crippen LogP contribution in [0.25, 0.3) is 0 Å². The van der Waals surface area contributed by atoms with Crippen LogP contribution in [-0.4, -0.2) is 57.8 Å². The third-order valence-corrected chi connectivity index (χ3v) is 4.93. The predicted octanol–water partition coefficient (Wildman–Crippen LogP) is 0.217. The number of urea groups is 1. The van der Waals surface area contributed by atoms with Crippen LogP contribution in [0, 0.1) is 0 Å². The average molecular weight is 333 g/mol. The first kappa shape index (κ1) is 18.6. The fourth-order valence-electron chi connectivity index (χ4n) is 2.39. The highest BCUT2D eigenvalue weighted by Crippen LogP contribution is 2.33. The van der Waals surface area contributed by atoms with E-state index in [1.807, 2.05) is 11.8 Å². The lowest BCUT2D eigenvalue weighted by molar-refractivity contribution is -0.138. The van der Waals surface area contributed by atoms with E-state index in [0.717, 1.165) is 25.0 Å². The van der Waals surface area contributed by atoms with Crippen molar-refractivity contribution in [1.82, 2.24) is 10.6 Å². The Morgan fingerprint density at radius 2 is 1.86 bits per heavy atom. The molecule has 126 valence electrons. The molecule has 2 fully saturated rings. The van der Waals surface area contributed by atoms with Crippen LogP contribution in [0.1, 0.15) is 32.1 Å². The van der Waals surface area contributed by atoms with Gasteiger partial charge in [-0.2, -0.15) is 11.8 Å². The molecule has 2 aliphatic rings. The molecule has 6 N–H and O–H groups in total. The standard InChI is InChI=1S/C10H16N2O3S.C3H7NO2/c13-8(14)4-2-1-3-7-9-6(5-16-7)11-10(15)12-9;4-2-1-3(5)6/h6-7,9H,1-5H2,(H,13,14)(H2,11,12,15);1-2,4H2,(H,5,6)/t6-,7-,9-;/m0./s1.